The summed E-state index contributed by atoms with van der Waals surface area (Å²) in [7, 11) is 0. The molecular formula is C18H18N6O3S. The van der Waals surface area contributed by atoms with Crippen LogP contribution in [-0.2, 0) is 4.79 Å². The van der Waals surface area contributed by atoms with Crippen molar-refractivity contribution in [3.8, 4) is 5.69 Å². The second-order valence-electron chi connectivity index (χ2n) is 6.21. The van der Waals surface area contributed by atoms with E-state index in [9.17, 15) is 14.9 Å². The van der Waals surface area contributed by atoms with Crippen LogP contribution in [0.4, 0.5) is 11.4 Å². The smallest absolute Gasteiger partial charge is 0.274 e. The molecule has 0 unspecified atom stereocenters. The average Bonchev–Trinajstić information content (AvgIpc) is 3.10. The molecule has 1 aromatic heterocycles. The lowest BCUT2D eigenvalue weighted by Crippen LogP contribution is -2.15. The number of aryl methyl sites for hydroxylation is 2. The molecule has 0 spiro atoms. The van der Waals surface area contributed by atoms with Crippen LogP contribution in [0.3, 0.4) is 0 Å². The van der Waals surface area contributed by atoms with Crippen molar-refractivity contribution in [3.63, 3.8) is 0 Å². The molecule has 0 aliphatic rings. The lowest BCUT2D eigenvalue weighted by Gasteiger charge is -2.09. The van der Waals surface area contributed by atoms with Crippen molar-refractivity contribution in [2.75, 3.05) is 11.1 Å². The summed E-state index contributed by atoms with van der Waals surface area (Å²) < 4.78 is 1.59. The minimum absolute atomic E-state index is 0.0377. The molecule has 144 valence electrons. The van der Waals surface area contributed by atoms with Gasteiger partial charge >= 0.3 is 0 Å². The Kier molecular flexibility index (Phi) is 5.69. The van der Waals surface area contributed by atoms with Gasteiger partial charge in [0.15, 0.2) is 0 Å². The fraction of sp³-hybridized carbons (Fsp3) is 0.222. The molecule has 0 saturated carbocycles. The number of carbonyl (C=O) groups is 1. The van der Waals surface area contributed by atoms with Gasteiger partial charge < -0.3 is 5.32 Å². The van der Waals surface area contributed by atoms with E-state index in [4.69, 9.17) is 0 Å². The Morgan fingerprint density at radius 2 is 2.04 bits per heavy atom. The summed E-state index contributed by atoms with van der Waals surface area (Å²) in [5.41, 5.74) is 3.78. The van der Waals surface area contributed by atoms with Gasteiger partial charge in [-0.25, -0.2) is 0 Å². The first-order valence-corrected chi connectivity index (χ1v) is 9.38. The number of nitrogens with one attached hydrogen (secondary N) is 1. The molecule has 0 fully saturated rings. The van der Waals surface area contributed by atoms with Gasteiger partial charge in [-0.05, 0) is 48.9 Å². The number of nitro benzene ring substituents is 1. The molecule has 1 heterocycles. The lowest BCUT2D eigenvalue weighted by molar-refractivity contribution is -0.385. The van der Waals surface area contributed by atoms with Gasteiger partial charge in [0, 0.05) is 6.07 Å². The number of thioether (sulfide) groups is 1. The molecule has 0 radical (unpaired) electrons. The minimum atomic E-state index is -0.474. The maximum absolute atomic E-state index is 12.3. The third-order valence-electron chi connectivity index (χ3n) is 4.13. The molecule has 9 nitrogen and oxygen atoms in total. The number of rotatable bonds is 6. The Bertz CT molecular complexity index is 1050. The second kappa shape index (κ2) is 8.17. The van der Waals surface area contributed by atoms with Crippen LogP contribution < -0.4 is 5.32 Å². The largest absolute Gasteiger partial charge is 0.325 e. The second-order valence-corrected chi connectivity index (χ2v) is 7.15. The minimum Gasteiger partial charge on any atom is -0.325 e. The Labute approximate surface area is 165 Å². The van der Waals surface area contributed by atoms with E-state index >= 15 is 0 Å². The SMILES string of the molecule is Cc1ccc(-n2nnnc2SCC(=O)Nc2cccc([N+](=O)[O-])c2C)c(C)c1. The van der Waals surface area contributed by atoms with Crippen LogP contribution in [0.25, 0.3) is 5.69 Å². The molecule has 10 heteroatoms. The van der Waals surface area contributed by atoms with Gasteiger partial charge in [-0.2, -0.15) is 4.68 Å². The maximum Gasteiger partial charge on any atom is 0.274 e. The molecule has 28 heavy (non-hydrogen) atoms. The van der Waals surface area contributed by atoms with Crippen LogP contribution in [0.5, 0.6) is 0 Å². The molecular weight excluding hydrogens is 380 g/mol. The number of carbonyl (C=O) groups excluding carboxylic acids is 1. The quantitative estimate of drug-likeness (QED) is 0.385. The number of tetrazole rings is 1. The van der Waals surface area contributed by atoms with Crippen LogP contribution in [0.15, 0.2) is 41.6 Å². The molecule has 0 aliphatic heterocycles. The molecule has 2 aromatic carbocycles. The highest BCUT2D eigenvalue weighted by molar-refractivity contribution is 7.99. The highest BCUT2D eigenvalue weighted by Crippen LogP contribution is 2.26. The Hall–Kier alpha value is -3.27. The average molecular weight is 398 g/mol. The number of hydrogen-bond acceptors (Lipinski definition) is 7. The van der Waals surface area contributed by atoms with E-state index in [-0.39, 0.29) is 17.3 Å². The third kappa shape index (κ3) is 4.17. The van der Waals surface area contributed by atoms with Crippen LogP contribution in [-0.4, -0.2) is 36.8 Å². The predicted molar refractivity (Wildman–Crippen MR) is 106 cm³/mol. The van der Waals surface area contributed by atoms with Crippen LogP contribution in [0.2, 0.25) is 0 Å². The first-order valence-electron chi connectivity index (χ1n) is 8.39. The fourth-order valence-electron chi connectivity index (χ4n) is 2.74. The van der Waals surface area contributed by atoms with Crippen molar-refractivity contribution in [2.45, 2.75) is 25.9 Å². The summed E-state index contributed by atoms with van der Waals surface area (Å²) in [5, 5.41) is 25.9. The van der Waals surface area contributed by atoms with Gasteiger partial charge in [-0.1, -0.05) is 35.5 Å². The summed E-state index contributed by atoms with van der Waals surface area (Å²) >= 11 is 1.19. The van der Waals surface area contributed by atoms with Crippen LogP contribution in [0, 0.1) is 30.9 Å². The van der Waals surface area contributed by atoms with Crippen LogP contribution >= 0.6 is 11.8 Å². The first kappa shape index (κ1) is 19.5. The van der Waals surface area contributed by atoms with Gasteiger partial charge in [0.05, 0.1) is 27.6 Å². The maximum atomic E-state index is 12.3. The third-order valence-corrected chi connectivity index (χ3v) is 5.05. The Morgan fingerprint density at radius 3 is 2.75 bits per heavy atom. The fourth-order valence-corrected chi connectivity index (χ4v) is 3.42. The number of nitro groups is 1. The zero-order valence-corrected chi connectivity index (χ0v) is 16.4. The molecule has 0 saturated heterocycles. The summed E-state index contributed by atoms with van der Waals surface area (Å²) in [6.07, 6.45) is 0. The highest BCUT2D eigenvalue weighted by Gasteiger charge is 2.16. The number of nitrogens with zero attached hydrogens (tertiary/aromatic N) is 5. The topological polar surface area (TPSA) is 116 Å². The highest BCUT2D eigenvalue weighted by atomic mass is 32.2. The first-order chi connectivity index (χ1) is 13.4. The molecule has 3 rings (SSSR count). The Morgan fingerprint density at radius 1 is 1.25 bits per heavy atom. The molecule has 1 N–H and O–H groups in total. The van der Waals surface area contributed by atoms with E-state index in [2.05, 4.69) is 20.8 Å². The number of amides is 1. The number of hydrogen-bond donors (Lipinski definition) is 1. The normalized spacial score (nSPS) is 10.7. The van der Waals surface area contributed by atoms with E-state index < -0.39 is 4.92 Å². The monoisotopic (exact) mass is 398 g/mol. The number of benzene rings is 2. The zero-order chi connectivity index (χ0) is 20.3. The standard InChI is InChI=1S/C18H18N6O3S/c1-11-7-8-15(12(2)9-11)23-18(20-21-22-23)28-10-17(25)19-14-5-4-6-16(13(14)3)24(26)27/h4-9H,10H2,1-3H3,(H,19,25). The predicted octanol–water partition coefficient (Wildman–Crippen LogP) is 3.23. The van der Waals surface area contributed by atoms with Crippen molar-refractivity contribution >= 4 is 29.0 Å². The van der Waals surface area contributed by atoms with Crippen LogP contribution in [0.1, 0.15) is 16.7 Å². The molecule has 0 aliphatic carbocycles. The summed E-state index contributed by atoms with van der Waals surface area (Å²) in [6.45, 7) is 5.57. The van der Waals surface area contributed by atoms with E-state index in [0.717, 1.165) is 16.8 Å². The zero-order valence-electron chi connectivity index (χ0n) is 15.5. The summed E-state index contributed by atoms with van der Waals surface area (Å²) in [6, 6.07) is 10.5. The summed E-state index contributed by atoms with van der Waals surface area (Å²) in [4.78, 5) is 22.9. The van der Waals surface area contributed by atoms with Crippen molar-refractivity contribution in [2.24, 2.45) is 0 Å². The van der Waals surface area contributed by atoms with Crippen molar-refractivity contribution < 1.29 is 9.72 Å². The number of aromatic nitrogens is 4. The molecule has 3 aromatic rings. The molecule has 0 atom stereocenters. The van der Waals surface area contributed by atoms with Crippen molar-refractivity contribution in [1.82, 2.24) is 20.2 Å². The van der Waals surface area contributed by atoms with Gasteiger partial charge in [0.1, 0.15) is 0 Å². The van der Waals surface area contributed by atoms with Gasteiger partial charge in [-0.3, -0.25) is 14.9 Å². The lowest BCUT2D eigenvalue weighted by atomic mass is 10.1. The Balaban J connectivity index is 1.71. The molecule has 0 bridgehead atoms. The van der Waals surface area contributed by atoms with Gasteiger partial charge in [-0.15, -0.1) is 5.10 Å². The van der Waals surface area contributed by atoms with Gasteiger partial charge in [0.25, 0.3) is 5.69 Å². The summed E-state index contributed by atoms with van der Waals surface area (Å²) in [5.74, 6) is -0.239. The van der Waals surface area contributed by atoms with E-state index in [1.54, 1.807) is 17.7 Å². The van der Waals surface area contributed by atoms with E-state index in [0.29, 0.717) is 16.4 Å². The molecule has 1 amide bonds. The van der Waals surface area contributed by atoms with E-state index in [1.165, 1.54) is 23.9 Å². The van der Waals surface area contributed by atoms with Gasteiger partial charge in [0.2, 0.25) is 11.1 Å². The number of anilines is 1. The van der Waals surface area contributed by atoms with E-state index in [1.807, 2.05) is 32.0 Å². The van der Waals surface area contributed by atoms with Crippen molar-refractivity contribution in [3.05, 3.63) is 63.2 Å². The van der Waals surface area contributed by atoms with Crippen molar-refractivity contribution in [1.29, 1.82) is 0 Å².